The second kappa shape index (κ2) is 14.0. The Morgan fingerprint density at radius 3 is 2.47 bits per heavy atom. The highest BCUT2D eigenvalue weighted by molar-refractivity contribution is 5.78. The molecule has 0 atom stereocenters. The minimum absolute atomic E-state index is 0.00638. The summed E-state index contributed by atoms with van der Waals surface area (Å²) in [4.78, 5) is 11.2. The van der Waals surface area contributed by atoms with Gasteiger partial charge in [-0.25, -0.2) is 0 Å². The molecule has 0 rings (SSSR count). The maximum absolute atomic E-state index is 11.2. The SMILES string of the molecule is CCCC(=O)CC/C=C/C=C/C#CC#C/C=C/CO. The molecule has 0 radical (unpaired) electrons. The topological polar surface area (TPSA) is 37.3 Å². The van der Waals surface area contributed by atoms with E-state index in [1.165, 1.54) is 0 Å². The Bertz CT molecular complexity index is 445. The van der Waals surface area contributed by atoms with Gasteiger partial charge in [0.25, 0.3) is 0 Å². The number of hydrogen-bond acceptors (Lipinski definition) is 2. The summed E-state index contributed by atoms with van der Waals surface area (Å²) in [6.07, 6.45) is 13.5. The van der Waals surface area contributed by atoms with Crippen LogP contribution >= 0.6 is 0 Å². The summed E-state index contributed by atoms with van der Waals surface area (Å²) in [7, 11) is 0. The number of aliphatic hydroxyl groups excluding tert-OH is 1. The highest BCUT2D eigenvalue weighted by Crippen LogP contribution is 1.98. The lowest BCUT2D eigenvalue weighted by Gasteiger charge is -1.93. The van der Waals surface area contributed by atoms with E-state index in [1.54, 1.807) is 18.2 Å². The van der Waals surface area contributed by atoms with E-state index in [9.17, 15) is 4.79 Å². The predicted octanol–water partition coefficient (Wildman–Crippen LogP) is 2.80. The van der Waals surface area contributed by atoms with Gasteiger partial charge in [0.1, 0.15) is 5.78 Å². The number of aliphatic hydroxyl groups is 1. The van der Waals surface area contributed by atoms with E-state index in [4.69, 9.17) is 5.11 Å². The summed E-state index contributed by atoms with van der Waals surface area (Å²) in [6, 6.07) is 0. The molecule has 0 aromatic heterocycles. The van der Waals surface area contributed by atoms with Crippen molar-refractivity contribution in [3.63, 3.8) is 0 Å². The molecule has 100 valence electrons. The number of ketones is 1. The molecule has 19 heavy (non-hydrogen) atoms. The zero-order valence-corrected chi connectivity index (χ0v) is 11.4. The zero-order chi connectivity index (χ0) is 14.2. The molecule has 0 unspecified atom stereocenters. The molecule has 2 nitrogen and oxygen atoms in total. The Hall–Kier alpha value is -2.03. The number of hydrogen-bond donors (Lipinski definition) is 1. The highest BCUT2D eigenvalue weighted by atomic mass is 16.2. The van der Waals surface area contributed by atoms with Crippen LogP contribution in [0.4, 0.5) is 0 Å². The maximum Gasteiger partial charge on any atom is 0.133 e. The lowest BCUT2D eigenvalue weighted by Crippen LogP contribution is -1.94. The summed E-state index contributed by atoms with van der Waals surface area (Å²) in [5.41, 5.74) is 0. The first kappa shape index (κ1) is 17.0. The van der Waals surface area contributed by atoms with Crippen molar-refractivity contribution >= 4 is 5.78 Å². The van der Waals surface area contributed by atoms with E-state index in [0.717, 1.165) is 12.8 Å². The minimum atomic E-state index is -0.00638. The smallest absolute Gasteiger partial charge is 0.133 e. The van der Waals surface area contributed by atoms with Crippen LogP contribution in [0.1, 0.15) is 32.6 Å². The lowest BCUT2D eigenvalue weighted by molar-refractivity contribution is -0.119. The molecule has 0 bridgehead atoms. The number of carbonyl (C=O) groups excluding carboxylic acids is 1. The summed E-state index contributed by atoms with van der Waals surface area (Å²) in [5.74, 6) is 11.0. The van der Waals surface area contributed by atoms with Gasteiger partial charge in [0.15, 0.2) is 0 Å². The molecule has 0 aromatic rings. The maximum atomic E-state index is 11.2. The van der Waals surface area contributed by atoms with Crippen molar-refractivity contribution in [2.45, 2.75) is 32.6 Å². The van der Waals surface area contributed by atoms with Crippen LogP contribution in [0.2, 0.25) is 0 Å². The minimum Gasteiger partial charge on any atom is -0.392 e. The molecule has 0 aliphatic carbocycles. The van der Waals surface area contributed by atoms with E-state index >= 15 is 0 Å². The van der Waals surface area contributed by atoms with Gasteiger partial charge in [-0.15, -0.1) is 0 Å². The molecule has 0 saturated carbocycles. The average Bonchev–Trinajstić information content (AvgIpc) is 2.40. The molecule has 0 heterocycles. The fourth-order valence-electron chi connectivity index (χ4n) is 1.19. The largest absolute Gasteiger partial charge is 0.392 e. The first-order chi connectivity index (χ1) is 9.31. The lowest BCUT2D eigenvalue weighted by atomic mass is 10.1. The molecular weight excluding hydrogens is 236 g/mol. The Morgan fingerprint density at radius 1 is 1.05 bits per heavy atom. The monoisotopic (exact) mass is 256 g/mol. The summed E-state index contributed by atoms with van der Waals surface area (Å²) >= 11 is 0. The van der Waals surface area contributed by atoms with Gasteiger partial charge in [-0.3, -0.25) is 4.79 Å². The second-order valence-electron chi connectivity index (χ2n) is 3.74. The standard InChI is InChI=1S/C17H20O2/c1-2-14-17(19)15-12-10-8-6-4-3-5-7-9-11-13-16-18/h4,6,8,10-11,13,18H,2,12,14-16H2,1H3/b6-4+,10-8+,13-11+. The van der Waals surface area contributed by atoms with Crippen molar-refractivity contribution in [2.75, 3.05) is 6.61 Å². The van der Waals surface area contributed by atoms with Gasteiger partial charge in [0, 0.05) is 12.8 Å². The number of Topliss-reactive ketones (excluding diaryl/α,β-unsaturated/α-hetero) is 1. The summed E-state index contributed by atoms with van der Waals surface area (Å²) in [5, 5.41) is 8.44. The summed E-state index contributed by atoms with van der Waals surface area (Å²) in [6.45, 7) is 2.01. The van der Waals surface area contributed by atoms with E-state index in [0.29, 0.717) is 18.6 Å². The molecule has 2 heteroatoms. The Labute approximate surface area is 115 Å². The van der Waals surface area contributed by atoms with E-state index in [1.807, 2.05) is 25.2 Å². The van der Waals surface area contributed by atoms with Crippen molar-refractivity contribution in [2.24, 2.45) is 0 Å². The number of carbonyl (C=O) groups is 1. The first-order valence-electron chi connectivity index (χ1n) is 6.41. The van der Waals surface area contributed by atoms with Gasteiger partial charge in [0.05, 0.1) is 6.61 Å². The van der Waals surface area contributed by atoms with Crippen molar-refractivity contribution in [1.82, 2.24) is 0 Å². The molecular formula is C17H20O2. The molecule has 1 N–H and O–H groups in total. The quantitative estimate of drug-likeness (QED) is 0.562. The number of rotatable bonds is 7. The first-order valence-corrected chi connectivity index (χ1v) is 6.41. The van der Waals surface area contributed by atoms with Gasteiger partial charge in [-0.05, 0) is 36.8 Å². The van der Waals surface area contributed by atoms with Crippen LogP contribution in [0.25, 0.3) is 0 Å². The predicted molar refractivity (Wildman–Crippen MR) is 79.2 cm³/mol. The normalized spacial score (nSPS) is 10.4. The zero-order valence-electron chi connectivity index (χ0n) is 11.4. The van der Waals surface area contributed by atoms with Crippen LogP contribution in [-0.4, -0.2) is 17.5 Å². The van der Waals surface area contributed by atoms with E-state index in [2.05, 4.69) is 23.7 Å². The molecule has 0 fully saturated rings. The fraction of sp³-hybridized carbons (Fsp3) is 0.353. The van der Waals surface area contributed by atoms with Gasteiger partial charge < -0.3 is 5.11 Å². The van der Waals surface area contributed by atoms with Crippen LogP contribution in [0.3, 0.4) is 0 Å². The van der Waals surface area contributed by atoms with Crippen LogP contribution in [0.5, 0.6) is 0 Å². The van der Waals surface area contributed by atoms with Crippen LogP contribution in [-0.2, 0) is 4.79 Å². The molecule has 0 amide bonds. The molecule has 0 aliphatic heterocycles. The molecule has 0 aliphatic rings. The van der Waals surface area contributed by atoms with Crippen molar-refractivity contribution < 1.29 is 9.90 Å². The van der Waals surface area contributed by atoms with Crippen LogP contribution < -0.4 is 0 Å². The van der Waals surface area contributed by atoms with Crippen molar-refractivity contribution in [3.8, 4) is 23.7 Å². The van der Waals surface area contributed by atoms with Crippen molar-refractivity contribution in [3.05, 3.63) is 36.5 Å². The Kier molecular flexibility index (Phi) is 12.5. The average molecular weight is 256 g/mol. The van der Waals surface area contributed by atoms with Gasteiger partial charge >= 0.3 is 0 Å². The number of allylic oxidation sites excluding steroid dienone is 5. The summed E-state index contributed by atoms with van der Waals surface area (Å²) < 4.78 is 0. The van der Waals surface area contributed by atoms with E-state index < -0.39 is 0 Å². The van der Waals surface area contributed by atoms with Gasteiger partial charge in [0.2, 0.25) is 0 Å². The van der Waals surface area contributed by atoms with Gasteiger partial charge in [-0.2, -0.15) is 0 Å². The third-order valence-electron chi connectivity index (χ3n) is 2.06. The van der Waals surface area contributed by atoms with Crippen molar-refractivity contribution in [1.29, 1.82) is 0 Å². The molecule has 0 spiro atoms. The highest BCUT2D eigenvalue weighted by Gasteiger charge is 1.96. The van der Waals surface area contributed by atoms with E-state index in [-0.39, 0.29) is 6.61 Å². The third kappa shape index (κ3) is 13.9. The Morgan fingerprint density at radius 2 is 1.79 bits per heavy atom. The molecule has 0 aromatic carbocycles. The third-order valence-corrected chi connectivity index (χ3v) is 2.06. The van der Waals surface area contributed by atoms with Crippen LogP contribution in [0.15, 0.2) is 36.5 Å². The fourth-order valence-corrected chi connectivity index (χ4v) is 1.19. The molecule has 0 saturated heterocycles. The van der Waals surface area contributed by atoms with Crippen LogP contribution in [0, 0.1) is 23.7 Å². The second-order valence-corrected chi connectivity index (χ2v) is 3.74. The van der Waals surface area contributed by atoms with Gasteiger partial charge in [-0.1, -0.05) is 43.1 Å². The Balaban J connectivity index is 3.78.